The third-order valence-electron chi connectivity index (χ3n) is 4.63. The summed E-state index contributed by atoms with van der Waals surface area (Å²) in [6, 6.07) is 0.232. The van der Waals surface area contributed by atoms with Gasteiger partial charge in [0.05, 0.1) is 6.33 Å². The highest BCUT2D eigenvalue weighted by molar-refractivity contribution is 8.03. The molecule has 3 atom stereocenters. The second-order valence-electron chi connectivity index (χ2n) is 6.11. The number of anilines is 1. The van der Waals surface area contributed by atoms with E-state index >= 15 is 0 Å². The monoisotopic (exact) mass is 381 g/mol. The van der Waals surface area contributed by atoms with Crippen LogP contribution in [0.5, 0.6) is 0 Å². The smallest absolute Gasteiger partial charge is 0.235 e. The van der Waals surface area contributed by atoms with Crippen LogP contribution in [0.2, 0.25) is 0 Å². The van der Waals surface area contributed by atoms with Gasteiger partial charge in [0.25, 0.3) is 0 Å². The number of imidazole rings is 1. The summed E-state index contributed by atoms with van der Waals surface area (Å²) < 4.78 is 0. The van der Waals surface area contributed by atoms with Crippen molar-refractivity contribution in [2.45, 2.75) is 24.1 Å². The number of fused-ring (bicyclic) bond motifs is 1. The Morgan fingerprint density at radius 1 is 1.40 bits per heavy atom. The lowest BCUT2D eigenvalue weighted by Gasteiger charge is -2.34. The number of nitrogens with two attached hydrogens (primary N) is 1. The van der Waals surface area contributed by atoms with Gasteiger partial charge in [-0.1, -0.05) is 0 Å². The minimum Gasteiger partial charge on any atom is -0.355 e. The van der Waals surface area contributed by atoms with E-state index in [1.807, 2.05) is 16.5 Å². The molecule has 1 saturated carbocycles. The van der Waals surface area contributed by atoms with Gasteiger partial charge in [-0.15, -0.1) is 24.2 Å². The van der Waals surface area contributed by atoms with Crippen molar-refractivity contribution in [2.24, 2.45) is 11.7 Å². The number of nitrogens with zero attached hydrogens (tertiary/aromatic N) is 4. The molecule has 2 aromatic heterocycles. The van der Waals surface area contributed by atoms with Crippen LogP contribution in [0, 0.1) is 5.92 Å². The molecule has 0 aromatic carbocycles. The second-order valence-corrected chi connectivity index (χ2v) is 7.22. The lowest BCUT2D eigenvalue weighted by molar-refractivity contribution is -0.120. The zero-order valence-corrected chi connectivity index (χ0v) is 15.1. The van der Waals surface area contributed by atoms with E-state index in [9.17, 15) is 4.79 Å². The van der Waals surface area contributed by atoms with E-state index in [-0.39, 0.29) is 29.6 Å². The van der Waals surface area contributed by atoms with E-state index in [1.54, 1.807) is 6.33 Å². The molecular formula is C15H20ClN7OS. The summed E-state index contributed by atoms with van der Waals surface area (Å²) in [6.07, 6.45) is 7.17. The largest absolute Gasteiger partial charge is 0.355 e. The highest BCUT2D eigenvalue weighted by atomic mass is 35.5. The second kappa shape index (κ2) is 7.59. The van der Waals surface area contributed by atoms with Crippen LogP contribution < -0.4 is 16.0 Å². The SMILES string of the molecule is Cl.N[C@H]1CC[C@H]1CNC(=O)C1CN(c2ncnc3nc[nH]c23)C=CS1. The number of halogens is 1. The molecule has 4 N–H and O–H groups in total. The number of H-pyrrole nitrogens is 1. The number of amides is 1. The maximum Gasteiger partial charge on any atom is 0.235 e. The molecule has 0 bridgehead atoms. The summed E-state index contributed by atoms with van der Waals surface area (Å²) in [7, 11) is 0. The van der Waals surface area contributed by atoms with Crippen molar-refractivity contribution < 1.29 is 4.79 Å². The van der Waals surface area contributed by atoms with Crippen molar-refractivity contribution in [1.29, 1.82) is 0 Å². The molecule has 1 aliphatic carbocycles. The van der Waals surface area contributed by atoms with Crippen LogP contribution in [0.1, 0.15) is 12.8 Å². The van der Waals surface area contributed by atoms with Crippen LogP contribution in [0.15, 0.2) is 24.3 Å². The molecule has 2 aliphatic rings. The van der Waals surface area contributed by atoms with Gasteiger partial charge in [0.1, 0.15) is 17.1 Å². The number of carbonyl (C=O) groups excluding carboxylic acids is 1. The highest BCUT2D eigenvalue weighted by Gasteiger charge is 2.30. The van der Waals surface area contributed by atoms with E-state index in [2.05, 4.69) is 25.3 Å². The Bertz CT molecular complexity index is 782. The van der Waals surface area contributed by atoms with Gasteiger partial charge in [0.2, 0.25) is 5.91 Å². The number of hydrogen-bond acceptors (Lipinski definition) is 7. The minimum absolute atomic E-state index is 0. The molecule has 0 spiro atoms. The Balaban J connectivity index is 0.00000182. The topological polar surface area (TPSA) is 113 Å². The summed E-state index contributed by atoms with van der Waals surface area (Å²) >= 11 is 1.52. The summed E-state index contributed by atoms with van der Waals surface area (Å²) in [4.78, 5) is 30.1. The first-order valence-corrected chi connectivity index (χ1v) is 8.93. The average Bonchev–Trinajstić information content (AvgIpc) is 3.09. The quantitative estimate of drug-likeness (QED) is 0.724. The van der Waals surface area contributed by atoms with Crippen molar-refractivity contribution in [1.82, 2.24) is 25.3 Å². The Kier molecular flexibility index (Phi) is 5.45. The van der Waals surface area contributed by atoms with Gasteiger partial charge in [0, 0.05) is 25.3 Å². The summed E-state index contributed by atoms with van der Waals surface area (Å²) in [5.74, 6) is 1.19. The zero-order chi connectivity index (χ0) is 16.5. The van der Waals surface area contributed by atoms with Gasteiger partial charge in [-0.25, -0.2) is 15.0 Å². The number of aromatic amines is 1. The van der Waals surface area contributed by atoms with E-state index in [4.69, 9.17) is 5.73 Å². The number of thioether (sulfide) groups is 1. The molecule has 10 heteroatoms. The molecule has 1 amide bonds. The first-order chi connectivity index (χ1) is 11.7. The Morgan fingerprint density at radius 2 is 2.28 bits per heavy atom. The summed E-state index contributed by atoms with van der Waals surface area (Å²) in [6.45, 7) is 1.22. The van der Waals surface area contributed by atoms with E-state index in [1.165, 1.54) is 18.1 Å². The zero-order valence-electron chi connectivity index (χ0n) is 13.5. The van der Waals surface area contributed by atoms with Crippen LogP contribution >= 0.6 is 24.2 Å². The van der Waals surface area contributed by atoms with E-state index in [0.29, 0.717) is 24.7 Å². The fraction of sp³-hybridized carbons (Fsp3) is 0.467. The Hall–Kier alpha value is -1.84. The Morgan fingerprint density at radius 3 is 3.04 bits per heavy atom. The summed E-state index contributed by atoms with van der Waals surface area (Å²) in [5, 5.41) is 4.78. The first kappa shape index (κ1) is 18.0. The van der Waals surface area contributed by atoms with Crippen molar-refractivity contribution in [2.75, 3.05) is 18.0 Å². The van der Waals surface area contributed by atoms with Gasteiger partial charge in [-0.3, -0.25) is 4.79 Å². The van der Waals surface area contributed by atoms with E-state index in [0.717, 1.165) is 24.2 Å². The van der Waals surface area contributed by atoms with Gasteiger partial charge >= 0.3 is 0 Å². The third-order valence-corrected chi connectivity index (χ3v) is 5.60. The maximum absolute atomic E-state index is 12.5. The fourth-order valence-corrected chi connectivity index (χ4v) is 3.81. The first-order valence-electron chi connectivity index (χ1n) is 7.98. The van der Waals surface area contributed by atoms with Crippen LogP contribution in [0.3, 0.4) is 0 Å². The number of rotatable bonds is 4. The van der Waals surface area contributed by atoms with Crippen molar-refractivity contribution in [3.63, 3.8) is 0 Å². The molecule has 4 rings (SSSR count). The molecule has 1 aliphatic heterocycles. The molecule has 0 saturated heterocycles. The third kappa shape index (κ3) is 3.58. The summed E-state index contributed by atoms with van der Waals surface area (Å²) in [5.41, 5.74) is 7.32. The maximum atomic E-state index is 12.5. The number of carbonyl (C=O) groups is 1. The van der Waals surface area contributed by atoms with Crippen molar-refractivity contribution in [3.8, 4) is 0 Å². The predicted octanol–water partition coefficient (Wildman–Crippen LogP) is 1.02. The minimum atomic E-state index is -0.181. The van der Waals surface area contributed by atoms with Gasteiger partial charge in [-0.2, -0.15) is 0 Å². The van der Waals surface area contributed by atoms with Crippen molar-refractivity contribution >= 4 is 47.1 Å². The molecule has 25 heavy (non-hydrogen) atoms. The molecule has 2 aromatic rings. The van der Waals surface area contributed by atoms with Crippen LogP contribution in [-0.4, -0.2) is 50.2 Å². The standard InChI is InChI=1S/C15H19N7OS.ClH/c16-10-2-1-9(10)5-17-15(23)11-6-22(3-4-24-11)14-12-13(19-7-18-12)20-8-21-14;/h3-4,7-11H,1-2,5-6,16H2,(H,17,23)(H,18,19,20,21);1H/t9-,10-,11?;/m0./s1. The molecule has 1 fully saturated rings. The number of hydrogen-bond donors (Lipinski definition) is 3. The molecule has 134 valence electrons. The van der Waals surface area contributed by atoms with Crippen LogP contribution in [-0.2, 0) is 4.79 Å². The number of nitrogens with one attached hydrogen (secondary N) is 2. The highest BCUT2D eigenvalue weighted by Crippen LogP contribution is 2.28. The fourth-order valence-electron chi connectivity index (χ4n) is 2.95. The average molecular weight is 382 g/mol. The normalized spacial score (nSPS) is 25.3. The lowest BCUT2D eigenvalue weighted by Crippen LogP contribution is -2.48. The van der Waals surface area contributed by atoms with Crippen molar-refractivity contribution in [3.05, 3.63) is 24.3 Å². The molecule has 8 nitrogen and oxygen atoms in total. The molecule has 1 unspecified atom stereocenters. The Labute approximate surface area is 155 Å². The van der Waals surface area contributed by atoms with Gasteiger partial charge < -0.3 is 20.9 Å². The predicted molar refractivity (Wildman–Crippen MR) is 101 cm³/mol. The van der Waals surface area contributed by atoms with Gasteiger partial charge in [0.15, 0.2) is 11.5 Å². The number of aromatic nitrogens is 4. The molecular weight excluding hydrogens is 362 g/mol. The van der Waals surface area contributed by atoms with Crippen LogP contribution in [0.25, 0.3) is 11.2 Å². The molecule has 0 radical (unpaired) electrons. The van der Waals surface area contributed by atoms with Crippen LogP contribution in [0.4, 0.5) is 5.82 Å². The van der Waals surface area contributed by atoms with E-state index < -0.39 is 0 Å². The molecule has 3 heterocycles. The lowest BCUT2D eigenvalue weighted by atomic mass is 9.80. The van der Waals surface area contributed by atoms with Gasteiger partial charge in [-0.05, 0) is 24.2 Å².